The lowest BCUT2D eigenvalue weighted by Crippen LogP contribution is -2.00. The van der Waals surface area contributed by atoms with E-state index in [2.05, 4.69) is 15.3 Å². The standard InChI is InChI=1S/C12H12FN3O/c1-8-11(14-2)15-7-16-12(8)17-10-6-4-3-5-9(10)13/h3-7H,1-2H3,(H,14,15,16). The third kappa shape index (κ3) is 2.33. The van der Waals surface area contributed by atoms with Gasteiger partial charge in [-0.05, 0) is 19.1 Å². The SMILES string of the molecule is CNc1ncnc(Oc2ccccc2F)c1C. The molecule has 1 heterocycles. The van der Waals surface area contributed by atoms with Crippen LogP contribution in [-0.2, 0) is 0 Å². The van der Waals surface area contributed by atoms with Crippen molar-refractivity contribution in [2.45, 2.75) is 6.92 Å². The number of ether oxygens (including phenoxy) is 1. The summed E-state index contributed by atoms with van der Waals surface area (Å²) in [4.78, 5) is 8.01. The average molecular weight is 233 g/mol. The summed E-state index contributed by atoms with van der Waals surface area (Å²) in [6.45, 7) is 1.81. The number of benzene rings is 1. The first kappa shape index (κ1) is 11.3. The molecule has 0 amide bonds. The highest BCUT2D eigenvalue weighted by Crippen LogP contribution is 2.27. The molecule has 0 saturated carbocycles. The molecule has 1 aromatic carbocycles. The van der Waals surface area contributed by atoms with E-state index in [-0.39, 0.29) is 5.75 Å². The number of hydrogen-bond donors (Lipinski definition) is 1. The maximum Gasteiger partial charge on any atom is 0.227 e. The van der Waals surface area contributed by atoms with Crippen molar-refractivity contribution in [3.63, 3.8) is 0 Å². The summed E-state index contributed by atoms with van der Waals surface area (Å²) in [5.74, 6) is 0.730. The second-order valence-corrected chi connectivity index (χ2v) is 3.43. The minimum absolute atomic E-state index is 0.149. The van der Waals surface area contributed by atoms with Gasteiger partial charge < -0.3 is 10.1 Å². The van der Waals surface area contributed by atoms with E-state index in [1.54, 1.807) is 25.2 Å². The van der Waals surface area contributed by atoms with Crippen LogP contribution in [0.15, 0.2) is 30.6 Å². The summed E-state index contributed by atoms with van der Waals surface area (Å²) >= 11 is 0. The molecule has 1 N–H and O–H groups in total. The molecule has 0 aliphatic rings. The zero-order valence-corrected chi connectivity index (χ0v) is 9.57. The van der Waals surface area contributed by atoms with Crippen LogP contribution in [0.4, 0.5) is 10.2 Å². The predicted molar refractivity (Wildman–Crippen MR) is 62.8 cm³/mol. The first-order valence-corrected chi connectivity index (χ1v) is 5.14. The van der Waals surface area contributed by atoms with Crippen LogP contribution in [0.1, 0.15) is 5.56 Å². The van der Waals surface area contributed by atoms with Crippen molar-refractivity contribution in [3.8, 4) is 11.6 Å². The van der Waals surface area contributed by atoms with Crippen LogP contribution in [0.2, 0.25) is 0 Å². The molecule has 17 heavy (non-hydrogen) atoms. The summed E-state index contributed by atoms with van der Waals surface area (Å²) in [7, 11) is 1.75. The van der Waals surface area contributed by atoms with Crippen molar-refractivity contribution in [2.24, 2.45) is 0 Å². The summed E-state index contributed by atoms with van der Waals surface area (Å²) in [6, 6.07) is 6.20. The Morgan fingerprint density at radius 1 is 1.24 bits per heavy atom. The zero-order valence-electron chi connectivity index (χ0n) is 9.57. The number of para-hydroxylation sites is 1. The molecule has 0 atom stereocenters. The monoisotopic (exact) mass is 233 g/mol. The summed E-state index contributed by atoms with van der Waals surface area (Å²) in [5, 5.41) is 2.91. The van der Waals surface area contributed by atoms with Crippen LogP contribution in [0.25, 0.3) is 0 Å². The molecule has 0 fully saturated rings. The molecule has 0 unspecified atom stereocenters. The Labute approximate surface area is 98.5 Å². The first-order chi connectivity index (χ1) is 8.22. The van der Waals surface area contributed by atoms with Crippen molar-refractivity contribution < 1.29 is 9.13 Å². The summed E-state index contributed by atoms with van der Waals surface area (Å²) in [6.07, 6.45) is 1.37. The van der Waals surface area contributed by atoms with Gasteiger partial charge in [0.1, 0.15) is 12.1 Å². The first-order valence-electron chi connectivity index (χ1n) is 5.14. The highest BCUT2D eigenvalue weighted by molar-refractivity contribution is 5.48. The summed E-state index contributed by atoms with van der Waals surface area (Å²) in [5.41, 5.74) is 0.734. The molecule has 0 aliphatic heterocycles. The van der Waals surface area contributed by atoms with Crippen molar-refractivity contribution >= 4 is 5.82 Å². The van der Waals surface area contributed by atoms with Gasteiger partial charge in [-0.15, -0.1) is 0 Å². The van der Waals surface area contributed by atoms with Crippen LogP contribution in [0.3, 0.4) is 0 Å². The average Bonchev–Trinajstić information content (AvgIpc) is 2.34. The van der Waals surface area contributed by atoms with Gasteiger partial charge in [0.05, 0.1) is 5.56 Å². The lowest BCUT2D eigenvalue weighted by Gasteiger charge is -2.10. The third-order valence-electron chi connectivity index (χ3n) is 2.32. The van der Waals surface area contributed by atoms with E-state index in [0.29, 0.717) is 11.7 Å². The fourth-order valence-electron chi connectivity index (χ4n) is 1.42. The molecular formula is C12H12FN3O. The molecular weight excluding hydrogens is 221 g/mol. The van der Waals surface area contributed by atoms with Crippen LogP contribution in [-0.4, -0.2) is 17.0 Å². The molecule has 0 spiro atoms. The van der Waals surface area contributed by atoms with E-state index >= 15 is 0 Å². The zero-order chi connectivity index (χ0) is 12.3. The van der Waals surface area contributed by atoms with Crippen LogP contribution < -0.4 is 10.1 Å². The number of nitrogens with zero attached hydrogens (tertiary/aromatic N) is 2. The number of aromatic nitrogens is 2. The number of halogens is 1. The Hall–Kier alpha value is -2.17. The molecule has 5 heteroatoms. The molecule has 2 aromatic rings. The quantitative estimate of drug-likeness (QED) is 0.885. The van der Waals surface area contributed by atoms with Gasteiger partial charge >= 0.3 is 0 Å². The molecule has 0 bridgehead atoms. The van der Waals surface area contributed by atoms with E-state index < -0.39 is 5.82 Å². The van der Waals surface area contributed by atoms with Gasteiger partial charge in [0.2, 0.25) is 5.88 Å². The largest absolute Gasteiger partial charge is 0.435 e. The van der Waals surface area contributed by atoms with E-state index in [0.717, 1.165) is 5.56 Å². The Morgan fingerprint density at radius 3 is 2.71 bits per heavy atom. The Bertz CT molecular complexity index is 531. The second-order valence-electron chi connectivity index (χ2n) is 3.43. The van der Waals surface area contributed by atoms with Gasteiger partial charge in [-0.25, -0.2) is 14.4 Å². The Balaban J connectivity index is 2.34. The van der Waals surface area contributed by atoms with Crippen molar-refractivity contribution in [1.82, 2.24) is 9.97 Å². The number of anilines is 1. The van der Waals surface area contributed by atoms with Gasteiger partial charge in [-0.1, -0.05) is 12.1 Å². The minimum Gasteiger partial charge on any atom is -0.435 e. The van der Waals surface area contributed by atoms with Crippen molar-refractivity contribution in [2.75, 3.05) is 12.4 Å². The smallest absolute Gasteiger partial charge is 0.227 e. The molecule has 1 aromatic heterocycles. The van der Waals surface area contributed by atoms with Gasteiger partial charge in [0.25, 0.3) is 0 Å². The fraction of sp³-hybridized carbons (Fsp3) is 0.167. The number of rotatable bonds is 3. The number of hydrogen-bond acceptors (Lipinski definition) is 4. The molecule has 4 nitrogen and oxygen atoms in total. The third-order valence-corrected chi connectivity index (χ3v) is 2.32. The van der Waals surface area contributed by atoms with Crippen LogP contribution in [0.5, 0.6) is 11.6 Å². The van der Waals surface area contributed by atoms with E-state index in [1.165, 1.54) is 12.4 Å². The number of nitrogens with one attached hydrogen (secondary N) is 1. The minimum atomic E-state index is -0.420. The van der Waals surface area contributed by atoms with Crippen molar-refractivity contribution in [1.29, 1.82) is 0 Å². The highest BCUT2D eigenvalue weighted by atomic mass is 19.1. The normalized spacial score (nSPS) is 10.1. The Kier molecular flexibility index (Phi) is 3.18. The van der Waals surface area contributed by atoms with Gasteiger partial charge in [0, 0.05) is 7.05 Å². The van der Waals surface area contributed by atoms with E-state index in [9.17, 15) is 4.39 Å². The van der Waals surface area contributed by atoms with E-state index in [4.69, 9.17) is 4.74 Å². The maximum absolute atomic E-state index is 13.4. The summed E-state index contributed by atoms with van der Waals surface area (Å²) < 4.78 is 18.8. The van der Waals surface area contributed by atoms with Gasteiger partial charge in [0.15, 0.2) is 11.6 Å². The van der Waals surface area contributed by atoms with Crippen molar-refractivity contribution in [3.05, 3.63) is 42.0 Å². The maximum atomic E-state index is 13.4. The second kappa shape index (κ2) is 4.78. The predicted octanol–water partition coefficient (Wildman–Crippen LogP) is 2.76. The fourth-order valence-corrected chi connectivity index (χ4v) is 1.42. The van der Waals surface area contributed by atoms with Gasteiger partial charge in [-0.3, -0.25) is 0 Å². The Morgan fingerprint density at radius 2 is 2.00 bits per heavy atom. The molecule has 0 radical (unpaired) electrons. The van der Waals surface area contributed by atoms with Gasteiger partial charge in [-0.2, -0.15) is 0 Å². The lowest BCUT2D eigenvalue weighted by molar-refractivity contribution is 0.424. The lowest BCUT2D eigenvalue weighted by atomic mass is 10.3. The molecule has 88 valence electrons. The molecule has 0 saturated heterocycles. The topological polar surface area (TPSA) is 47.0 Å². The van der Waals surface area contributed by atoms with Crippen LogP contribution >= 0.6 is 0 Å². The molecule has 2 rings (SSSR count). The van der Waals surface area contributed by atoms with Crippen LogP contribution in [0, 0.1) is 12.7 Å². The van der Waals surface area contributed by atoms with E-state index in [1.807, 2.05) is 6.92 Å². The highest BCUT2D eigenvalue weighted by Gasteiger charge is 2.10. The molecule has 0 aliphatic carbocycles.